The molecule has 14 heteroatoms. The van der Waals surface area contributed by atoms with Crippen LogP contribution in [0.1, 0.15) is 84.0 Å². The molecule has 0 saturated heterocycles. The summed E-state index contributed by atoms with van der Waals surface area (Å²) >= 11 is 0. The molecule has 2 amide bonds. The molecule has 7 nitrogen and oxygen atoms in total. The maximum Gasteiger partial charge on any atom is 1.00 e. The van der Waals surface area contributed by atoms with Crippen LogP contribution in [-0.4, -0.2) is 38.6 Å². The minimum absolute atomic E-state index is 0. The number of carbonyl (C=O) groups is 2. The Hall–Kier alpha value is -4.56. The summed E-state index contributed by atoms with van der Waals surface area (Å²) < 4.78 is 76.9. The number of aliphatic hydroxyl groups excluding tert-OH is 2. The van der Waals surface area contributed by atoms with Gasteiger partial charge in [0.1, 0.15) is 11.5 Å². The first-order chi connectivity index (χ1) is 27.0. The fourth-order valence-corrected chi connectivity index (χ4v) is 8.33. The van der Waals surface area contributed by atoms with Gasteiger partial charge in [-0.15, -0.1) is 0 Å². The molecule has 4 aromatic rings. The summed E-state index contributed by atoms with van der Waals surface area (Å²) in [5.41, 5.74) is 5.18. The van der Waals surface area contributed by atoms with Crippen molar-refractivity contribution in [3.63, 3.8) is 0 Å². The molecule has 312 valence electrons. The van der Waals surface area contributed by atoms with E-state index in [-0.39, 0.29) is 70.2 Å². The number of rotatable bonds is 6. The predicted octanol–water partition coefficient (Wildman–Crippen LogP) is 7.94. The Morgan fingerprint density at radius 3 is 1.07 bits per heavy atom. The average Bonchev–Trinajstić information content (AvgIpc) is 4.08. The number of carbonyl (C=O) groups excluding carboxylic acids is 2. The van der Waals surface area contributed by atoms with E-state index >= 15 is 0 Å². The first-order valence-electron chi connectivity index (χ1n) is 19.2. The average molecular weight is 843 g/mol. The van der Waals surface area contributed by atoms with Crippen LogP contribution in [0, 0.1) is 39.5 Å². The van der Waals surface area contributed by atoms with Crippen molar-refractivity contribution < 1.29 is 81.2 Å². The Morgan fingerprint density at radius 1 is 0.533 bits per heavy atom. The maximum atomic E-state index is 12.8. The van der Waals surface area contributed by atoms with Gasteiger partial charge in [0.25, 0.3) is 11.8 Å². The third-order valence-corrected chi connectivity index (χ3v) is 12.2. The van der Waals surface area contributed by atoms with E-state index in [1.165, 1.54) is 24.3 Å². The first-order valence-corrected chi connectivity index (χ1v) is 19.2. The van der Waals surface area contributed by atoms with Crippen molar-refractivity contribution in [1.82, 2.24) is 10.6 Å². The molecule has 8 rings (SSSR count). The SMILES string of the molecule is Cc1cc(-c2ccc(C(F)(F)F)cc2)c(C)cc1C1=C(O)C(C)(C2CC2)NC1=O.Cc1cc(-c2ccc(C(F)(F)F)cc2)c(C)cc1C1=C(O)C(C)(C2CC2)NC1=O.[Na+].[OH-]. The van der Waals surface area contributed by atoms with Crippen LogP contribution in [-0.2, 0) is 21.9 Å². The Morgan fingerprint density at radius 2 is 0.800 bits per heavy atom. The number of nitrogens with one attached hydrogen (secondary N) is 2. The summed E-state index contributed by atoms with van der Waals surface area (Å²) in [6.45, 7) is 11.1. The van der Waals surface area contributed by atoms with Gasteiger partial charge >= 0.3 is 41.9 Å². The molecule has 5 N–H and O–H groups in total. The number of hydrogen-bond acceptors (Lipinski definition) is 5. The summed E-state index contributed by atoms with van der Waals surface area (Å²) in [6.07, 6.45) is -4.86. The van der Waals surface area contributed by atoms with Gasteiger partial charge in [-0.3, -0.25) is 9.59 Å². The van der Waals surface area contributed by atoms with Crippen LogP contribution in [0.3, 0.4) is 0 Å². The van der Waals surface area contributed by atoms with Crippen molar-refractivity contribution in [3.8, 4) is 22.3 Å². The van der Waals surface area contributed by atoms with Crippen molar-refractivity contribution in [2.75, 3.05) is 0 Å². The third kappa shape index (κ3) is 8.51. The van der Waals surface area contributed by atoms with Gasteiger partial charge in [-0.25, -0.2) is 0 Å². The number of benzene rings is 4. The Kier molecular flexibility index (Phi) is 12.7. The van der Waals surface area contributed by atoms with Gasteiger partial charge in [-0.2, -0.15) is 26.3 Å². The van der Waals surface area contributed by atoms with Gasteiger partial charge in [0, 0.05) is 0 Å². The first kappa shape index (κ1) is 46.5. The number of halogens is 6. The normalized spacial score (nSPS) is 21.5. The van der Waals surface area contributed by atoms with Crippen LogP contribution in [0.25, 0.3) is 33.4 Å². The number of hydrogen-bond donors (Lipinski definition) is 4. The summed E-state index contributed by atoms with van der Waals surface area (Å²) in [6, 6.07) is 17.4. The van der Waals surface area contributed by atoms with Crippen LogP contribution < -0.4 is 40.2 Å². The van der Waals surface area contributed by atoms with E-state index in [4.69, 9.17) is 0 Å². The molecule has 60 heavy (non-hydrogen) atoms. The van der Waals surface area contributed by atoms with Gasteiger partial charge in [0.05, 0.1) is 33.4 Å². The predicted molar refractivity (Wildman–Crippen MR) is 212 cm³/mol. The minimum Gasteiger partial charge on any atom is -0.870 e. The van der Waals surface area contributed by atoms with E-state index in [0.29, 0.717) is 33.4 Å². The zero-order chi connectivity index (χ0) is 42.3. The smallest absolute Gasteiger partial charge is 0.870 e. The van der Waals surface area contributed by atoms with Gasteiger partial charge < -0.3 is 26.3 Å². The molecule has 0 radical (unpaired) electrons. The number of aryl methyl sites for hydroxylation is 4. The number of aliphatic hydroxyl groups is 2. The monoisotopic (exact) mass is 842 g/mol. The Bertz CT molecular complexity index is 2250. The second kappa shape index (κ2) is 16.4. The quantitative estimate of drug-likeness (QED) is 0.116. The summed E-state index contributed by atoms with van der Waals surface area (Å²) in [5.74, 6) is 0.0708. The molecule has 2 fully saturated rings. The van der Waals surface area contributed by atoms with Crippen LogP contribution in [0.15, 0.2) is 84.3 Å². The van der Waals surface area contributed by atoms with Crippen LogP contribution in [0.2, 0.25) is 0 Å². The van der Waals surface area contributed by atoms with Gasteiger partial charge in [-0.1, -0.05) is 48.5 Å². The van der Waals surface area contributed by atoms with E-state index in [1.807, 2.05) is 65.8 Å². The largest absolute Gasteiger partial charge is 1.00 e. The van der Waals surface area contributed by atoms with Crippen molar-refractivity contribution in [1.29, 1.82) is 0 Å². The minimum atomic E-state index is -4.37. The summed E-state index contributed by atoms with van der Waals surface area (Å²) in [5, 5.41) is 27.5. The van der Waals surface area contributed by atoms with Crippen LogP contribution in [0.5, 0.6) is 0 Å². The molecule has 0 bridgehead atoms. The summed E-state index contributed by atoms with van der Waals surface area (Å²) in [7, 11) is 0. The number of amides is 2. The second-order valence-corrected chi connectivity index (χ2v) is 16.4. The van der Waals surface area contributed by atoms with E-state index in [1.54, 1.807) is 0 Å². The zero-order valence-electron chi connectivity index (χ0n) is 34.3. The molecule has 2 aliphatic heterocycles. The Labute approximate surface area is 366 Å². The van der Waals surface area contributed by atoms with Crippen molar-refractivity contribution in [2.24, 2.45) is 11.8 Å². The van der Waals surface area contributed by atoms with Crippen LogP contribution >= 0.6 is 0 Å². The molecule has 4 aromatic carbocycles. The molecular weight excluding hydrogens is 797 g/mol. The standard InChI is InChI=1S/2C23H22F3NO2.Na.H2O/c2*1-12-11-18(19-20(28)22(3,15-8-9-15)27-21(19)29)13(2)10-17(12)14-4-6-16(7-5-14)23(24,25)26;;/h2*4-7,10-11,15,28H,8-9H2,1-3H3,(H,27,29);;1H2/q;;+1;/p-1. The van der Waals surface area contributed by atoms with Crippen LogP contribution in [0.4, 0.5) is 26.3 Å². The maximum absolute atomic E-state index is 12.8. The molecule has 2 saturated carbocycles. The van der Waals surface area contributed by atoms with Gasteiger partial charge in [0.2, 0.25) is 0 Å². The molecule has 0 aromatic heterocycles. The fraction of sp³-hybridized carbons (Fsp3) is 0.348. The topological polar surface area (TPSA) is 129 Å². The second-order valence-electron chi connectivity index (χ2n) is 16.4. The zero-order valence-corrected chi connectivity index (χ0v) is 36.3. The molecule has 4 aliphatic rings. The Balaban J connectivity index is 0.000000220. The van der Waals surface area contributed by atoms with E-state index in [2.05, 4.69) is 10.6 Å². The molecular formula is C46H45F6N2NaO5. The number of alkyl halides is 6. The van der Waals surface area contributed by atoms with Crippen molar-refractivity contribution >= 4 is 23.0 Å². The fourth-order valence-electron chi connectivity index (χ4n) is 8.33. The van der Waals surface area contributed by atoms with E-state index < -0.39 is 34.6 Å². The third-order valence-electron chi connectivity index (χ3n) is 12.2. The van der Waals surface area contributed by atoms with Gasteiger partial charge in [-0.05, 0) is 159 Å². The molecule has 2 heterocycles. The molecule has 2 aliphatic carbocycles. The van der Waals surface area contributed by atoms with Gasteiger partial charge in [0.15, 0.2) is 0 Å². The molecule has 2 atom stereocenters. The van der Waals surface area contributed by atoms with E-state index in [9.17, 15) is 46.1 Å². The van der Waals surface area contributed by atoms with Crippen molar-refractivity contribution in [2.45, 2.75) is 90.7 Å². The molecule has 0 spiro atoms. The molecule has 2 unspecified atom stereocenters. The van der Waals surface area contributed by atoms with E-state index in [0.717, 1.165) is 83.3 Å². The van der Waals surface area contributed by atoms with Crippen molar-refractivity contribution in [3.05, 3.63) is 129 Å². The summed E-state index contributed by atoms with van der Waals surface area (Å²) in [4.78, 5) is 25.3.